The maximum atomic E-state index is 12.4. The Kier molecular flexibility index (Phi) is 3.43. The molecule has 21 heavy (non-hydrogen) atoms. The van der Waals surface area contributed by atoms with Gasteiger partial charge >= 0.3 is 0 Å². The molecule has 7 heteroatoms. The molecule has 0 saturated carbocycles. The van der Waals surface area contributed by atoms with Crippen LogP contribution in [0.1, 0.15) is 6.92 Å². The van der Waals surface area contributed by atoms with Crippen molar-refractivity contribution >= 4 is 32.5 Å². The van der Waals surface area contributed by atoms with E-state index in [0.717, 1.165) is 5.39 Å². The molecule has 108 valence electrons. The van der Waals surface area contributed by atoms with Crippen LogP contribution in [-0.4, -0.2) is 28.1 Å². The summed E-state index contributed by atoms with van der Waals surface area (Å²) in [6, 6.07) is 10.7. The second-order valence-corrected chi connectivity index (χ2v) is 6.91. The van der Waals surface area contributed by atoms with Gasteiger partial charge in [0.05, 0.1) is 22.7 Å². The minimum atomic E-state index is -3.46. The van der Waals surface area contributed by atoms with Crippen molar-refractivity contribution < 1.29 is 8.42 Å². The van der Waals surface area contributed by atoms with E-state index >= 15 is 0 Å². The predicted octanol–water partition coefficient (Wildman–Crippen LogP) is 2.95. The van der Waals surface area contributed by atoms with Crippen LogP contribution >= 0.6 is 11.6 Å². The smallest absolute Gasteiger partial charge is 0.236 e. The average Bonchev–Trinajstić information content (AvgIpc) is 2.87. The number of fused-ring (bicyclic) bond motifs is 1. The summed E-state index contributed by atoms with van der Waals surface area (Å²) in [7, 11) is -3.46. The lowest BCUT2D eigenvalue weighted by Crippen LogP contribution is -2.16. The van der Waals surface area contributed by atoms with Crippen LogP contribution in [0.15, 0.2) is 42.6 Å². The van der Waals surface area contributed by atoms with Gasteiger partial charge in [0.25, 0.3) is 0 Å². The van der Waals surface area contributed by atoms with Crippen molar-refractivity contribution in [2.24, 2.45) is 0 Å². The van der Waals surface area contributed by atoms with Crippen LogP contribution in [0.4, 0.5) is 0 Å². The van der Waals surface area contributed by atoms with Crippen molar-refractivity contribution in [3.8, 4) is 11.4 Å². The zero-order valence-electron chi connectivity index (χ0n) is 11.2. The van der Waals surface area contributed by atoms with Gasteiger partial charge in [-0.25, -0.2) is 22.4 Å². The van der Waals surface area contributed by atoms with Crippen LogP contribution in [0.2, 0.25) is 5.28 Å². The van der Waals surface area contributed by atoms with Gasteiger partial charge in [0.1, 0.15) is 0 Å². The van der Waals surface area contributed by atoms with E-state index in [4.69, 9.17) is 11.6 Å². The summed E-state index contributed by atoms with van der Waals surface area (Å²) < 4.78 is 26.2. The molecular weight excluding hydrogens is 310 g/mol. The van der Waals surface area contributed by atoms with Gasteiger partial charge in [-0.3, -0.25) is 0 Å². The average molecular weight is 322 g/mol. The highest BCUT2D eigenvalue weighted by Crippen LogP contribution is 2.29. The third kappa shape index (κ3) is 2.41. The van der Waals surface area contributed by atoms with Crippen molar-refractivity contribution in [3.63, 3.8) is 0 Å². The number of hydrogen-bond acceptors (Lipinski definition) is 4. The molecule has 0 N–H and O–H groups in total. The molecule has 5 nitrogen and oxygen atoms in total. The number of hydrogen-bond donors (Lipinski definition) is 0. The number of aromatic nitrogens is 3. The topological polar surface area (TPSA) is 64.8 Å². The molecule has 3 rings (SSSR count). The summed E-state index contributed by atoms with van der Waals surface area (Å²) in [5.74, 6) is -0.00249. The minimum absolute atomic E-state index is 0.00249. The summed E-state index contributed by atoms with van der Waals surface area (Å²) in [4.78, 5) is 7.94. The molecular formula is C14H12ClN3O2S. The predicted molar refractivity (Wildman–Crippen MR) is 82.8 cm³/mol. The molecule has 0 saturated heterocycles. The molecule has 0 fully saturated rings. The lowest BCUT2D eigenvalue weighted by Gasteiger charge is -2.09. The van der Waals surface area contributed by atoms with Crippen molar-refractivity contribution in [1.29, 1.82) is 0 Å². The highest BCUT2D eigenvalue weighted by atomic mass is 35.5. The van der Waals surface area contributed by atoms with E-state index in [0.29, 0.717) is 16.9 Å². The third-order valence-electron chi connectivity index (χ3n) is 3.20. The lowest BCUT2D eigenvalue weighted by molar-refractivity contribution is 0.590. The van der Waals surface area contributed by atoms with E-state index in [1.807, 2.05) is 12.1 Å². The van der Waals surface area contributed by atoms with Gasteiger partial charge in [-0.15, -0.1) is 0 Å². The Balaban J connectivity index is 2.40. The molecule has 3 aromatic rings. The standard InChI is InChI=1S/C14H12ClN3O2S/c1-2-21(19,20)18-12-6-4-3-5-10(12)9-13(18)11-7-8-16-14(15)17-11/h3-9H,2H2,1H3. The van der Waals surface area contributed by atoms with Crippen LogP contribution in [0, 0.1) is 0 Å². The first kappa shape index (κ1) is 14.0. The Hall–Kier alpha value is -1.92. The van der Waals surface area contributed by atoms with Crippen LogP contribution in [0.5, 0.6) is 0 Å². The maximum Gasteiger partial charge on any atom is 0.239 e. The van der Waals surface area contributed by atoms with Gasteiger partial charge in [0, 0.05) is 11.6 Å². The van der Waals surface area contributed by atoms with Gasteiger partial charge in [-0.05, 0) is 36.7 Å². The molecule has 0 amide bonds. The summed E-state index contributed by atoms with van der Waals surface area (Å²) in [6.45, 7) is 1.61. The number of halogens is 1. The number of para-hydroxylation sites is 1. The molecule has 0 bridgehead atoms. The van der Waals surface area contributed by atoms with Crippen LogP contribution in [0.25, 0.3) is 22.3 Å². The van der Waals surface area contributed by atoms with Crippen LogP contribution in [0.3, 0.4) is 0 Å². The van der Waals surface area contributed by atoms with Crippen molar-refractivity contribution in [2.75, 3.05) is 5.75 Å². The molecule has 2 heterocycles. The summed E-state index contributed by atoms with van der Waals surface area (Å²) >= 11 is 5.81. The maximum absolute atomic E-state index is 12.4. The third-order valence-corrected chi connectivity index (χ3v) is 5.06. The first-order valence-electron chi connectivity index (χ1n) is 6.35. The first-order chi connectivity index (χ1) is 10.0. The van der Waals surface area contributed by atoms with Gasteiger partial charge < -0.3 is 0 Å². The largest absolute Gasteiger partial charge is 0.239 e. The zero-order valence-corrected chi connectivity index (χ0v) is 12.8. The van der Waals surface area contributed by atoms with E-state index in [1.54, 1.807) is 31.2 Å². The van der Waals surface area contributed by atoms with E-state index in [9.17, 15) is 8.42 Å². The van der Waals surface area contributed by atoms with Crippen LogP contribution in [-0.2, 0) is 10.0 Å². The lowest BCUT2D eigenvalue weighted by atomic mass is 10.2. The fraction of sp³-hybridized carbons (Fsp3) is 0.143. The summed E-state index contributed by atoms with van der Waals surface area (Å²) in [6.07, 6.45) is 1.51. The molecule has 0 aliphatic heterocycles. The van der Waals surface area contributed by atoms with Gasteiger partial charge in [0.2, 0.25) is 15.3 Å². The molecule has 0 aliphatic carbocycles. The zero-order chi connectivity index (χ0) is 15.0. The normalized spacial score (nSPS) is 11.9. The second kappa shape index (κ2) is 5.13. The fourth-order valence-corrected chi connectivity index (χ4v) is 3.53. The Labute approximate surface area is 127 Å². The van der Waals surface area contributed by atoms with Crippen LogP contribution < -0.4 is 0 Å². The second-order valence-electron chi connectivity index (χ2n) is 4.46. The Bertz CT molecular complexity index is 919. The summed E-state index contributed by atoms with van der Waals surface area (Å²) in [5.41, 5.74) is 1.59. The quantitative estimate of drug-likeness (QED) is 0.696. The molecule has 1 aromatic carbocycles. The molecule has 0 spiro atoms. The van der Waals surface area contributed by atoms with Crippen molar-refractivity contribution in [2.45, 2.75) is 6.92 Å². The Morgan fingerprint density at radius 3 is 2.71 bits per heavy atom. The van der Waals surface area contributed by atoms with Crippen molar-refractivity contribution in [3.05, 3.63) is 47.9 Å². The molecule has 0 unspecified atom stereocenters. The fourth-order valence-electron chi connectivity index (χ4n) is 2.21. The van der Waals surface area contributed by atoms with E-state index in [1.165, 1.54) is 10.2 Å². The van der Waals surface area contributed by atoms with Gasteiger partial charge in [-0.1, -0.05) is 18.2 Å². The highest BCUT2D eigenvalue weighted by molar-refractivity contribution is 7.90. The SMILES string of the molecule is CCS(=O)(=O)n1c(-c2ccnc(Cl)n2)cc2ccccc21. The van der Waals surface area contributed by atoms with Gasteiger partial charge in [-0.2, -0.15) is 0 Å². The molecule has 0 radical (unpaired) electrons. The van der Waals surface area contributed by atoms with E-state index in [2.05, 4.69) is 9.97 Å². The molecule has 0 aliphatic rings. The number of nitrogens with zero attached hydrogens (tertiary/aromatic N) is 3. The number of rotatable bonds is 3. The summed E-state index contributed by atoms with van der Waals surface area (Å²) in [5, 5.41) is 0.914. The van der Waals surface area contributed by atoms with Crippen molar-refractivity contribution in [1.82, 2.24) is 13.9 Å². The Morgan fingerprint density at radius 2 is 2.00 bits per heavy atom. The molecule has 2 aromatic heterocycles. The highest BCUT2D eigenvalue weighted by Gasteiger charge is 2.20. The molecule has 0 atom stereocenters. The monoisotopic (exact) mass is 321 g/mol. The first-order valence-corrected chi connectivity index (χ1v) is 8.34. The number of benzene rings is 1. The minimum Gasteiger partial charge on any atom is -0.236 e. The van der Waals surface area contributed by atoms with E-state index in [-0.39, 0.29) is 11.0 Å². The van der Waals surface area contributed by atoms with Gasteiger partial charge in [0.15, 0.2) is 0 Å². The van der Waals surface area contributed by atoms with E-state index < -0.39 is 10.0 Å². The Morgan fingerprint density at radius 1 is 1.24 bits per heavy atom.